The maximum atomic E-state index is 12.1. The van der Waals surface area contributed by atoms with Gasteiger partial charge in [0.05, 0.1) is 33.3 Å². The van der Waals surface area contributed by atoms with Crippen molar-refractivity contribution in [2.45, 2.75) is 219 Å². The third kappa shape index (κ3) is 42.2. The highest BCUT2D eigenvalue weighted by molar-refractivity contribution is 5.79. The number of likely N-dealkylation sites (N-methyl/N-ethyl adjacent to an activating group) is 1. The number of primary amides is 1. The molecule has 342 valence electrons. The summed E-state index contributed by atoms with van der Waals surface area (Å²) in [6.07, 6.45) is 47.6. The Labute approximate surface area is 360 Å². The number of nitrogens with one attached hydrogen (secondary N) is 1. The predicted octanol–water partition coefficient (Wildman–Crippen LogP) is 11.0. The number of hydrogen-bond donors (Lipinski definition) is 4. The Bertz CT molecular complexity index is 968. The van der Waals surface area contributed by atoms with Crippen LogP contribution in [0, 0.1) is 0 Å². The van der Waals surface area contributed by atoms with Gasteiger partial charge in [-0.2, -0.15) is 0 Å². The molecule has 0 saturated heterocycles. The van der Waals surface area contributed by atoms with Crippen molar-refractivity contribution in [1.82, 2.24) is 5.32 Å². The van der Waals surface area contributed by atoms with Gasteiger partial charge in [-0.25, -0.2) is 0 Å². The molecule has 0 saturated carbocycles. The zero-order valence-corrected chi connectivity index (χ0v) is 39.0. The van der Waals surface area contributed by atoms with E-state index in [4.69, 9.17) is 26.7 Å². The molecule has 0 spiro atoms. The molecule has 0 radical (unpaired) electrons. The van der Waals surface area contributed by atoms with Crippen molar-refractivity contribution < 1.29 is 18.8 Å². The highest BCUT2D eigenvalue weighted by Crippen LogP contribution is 2.13. The summed E-state index contributed by atoms with van der Waals surface area (Å²) in [5.41, 5.74) is 16.5. The van der Waals surface area contributed by atoms with Crippen LogP contribution in [0.4, 0.5) is 0 Å². The molecule has 7 N–H and O–H groups in total. The lowest BCUT2D eigenvalue weighted by Gasteiger charge is -2.34. The Balaban J connectivity index is 4.45. The van der Waals surface area contributed by atoms with Gasteiger partial charge in [-0.1, -0.05) is 154 Å². The first kappa shape index (κ1) is 56.1. The van der Waals surface area contributed by atoms with Gasteiger partial charge in [0, 0.05) is 26.3 Å². The van der Waals surface area contributed by atoms with Gasteiger partial charge in [0.2, 0.25) is 5.91 Å². The minimum atomic E-state index is -0.396. The number of nitrogens with zero attached hydrogens (tertiary/aromatic N) is 2. The molecule has 0 rings (SSSR count). The second-order valence-electron chi connectivity index (χ2n) is 17.6. The van der Waals surface area contributed by atoms with Crippen molar-refractivity contribution in [3.8, 4) is 0 Å². The Kier molecular flexibility index (Phi) is 41.7. The van der Waals surface area contributed by atoms with E-state index in [9.17, 15) is 4.79 Å². The van der Waals surface area contributed by atoms with Gasteiger partial charge in [0.25, 0.3) is 0 Å². The fraction of sp³-hybridized carbons (Fsp3) is 0.878. The van der Waals surface area contributed by atoms with Crippen LogP contribution in [0.1, 0.15) is 206 Å². The lowest BCUT2D eigenvalue weighted by atomic mass is 10.1. The van der Waals surface area contributed by atoms with Crippen LogP contribution in [0.15, 0.2) is 29.3 Å². The molecular formula is C49H99N6O3+. The molecule has 0 aromatic carbocycles. The van der Waals surface area contributed by atoms with E-state index in [1.54, 1.807) is 0 Å². The van der Waals surface area contributed by atoms with Crippen molar-refractivity contribution in [2.75, 3.05) is 60.1 Å². The maximum Gasteiger partial charge on any atom is 0.234 e. The van der Waals surface area contributed by atoms with E-state index >= 15 is 0 Å². The highest BCUT2D eigenvalue weighted by Gasteiger charge is 2.24. The summed E-state index contributed by atoms with van der Waals surface area (Å²) < 4.78 is 13.5. The van der Waals surface area contributed by atoms with Crippen LogP contribution in [0.5, 0.6) is 0 Å². The number of unbranched alkanes of at least 4 members (excludes halogenated alkanes) is 24. The van der Waals surface area contributed by atoms with E-state index in [1.807, 2.05) is 0 Å². The summed E-state index contributed by atoms with van der Waals surface area (Å²) in [6.45, 7) is 9.64. The fourth-order valence-electron chi connectivity index (χ4n) is 7.45. The number of ether oxygens (including phenoxy) is 2. The van der Waals surface area contributed by atoms with Crippen LogP contribution >= 0.6 is 0 Å². The van der Waals surface area contributed by atoms with Crippen molar-refractivity contribution in [2.24, 2.45) is 22.2 Å². The van der Waals surface area contributed by atoms with Gasteiger partial charge in [-0.05, 0) is 77.0 Å². The Hall–Kier alpha value is -1.94. The third-order valence-electron chi connectivity index (χ3n) is 11.2. The number of hydrogen-bond acceptors (Lipinski definition) is 5. The zero-order valence-electron chi connectivity index (χ0n) is 39.0. The number of rotatable bonds is 46. The van der Waals surface area contributed by atoms with Gasteiger partial charge in [-0.15, -0.1) is 0 Å². The SMILES string of the molecule is CCCCCCCC/C=C\CCCCCCCCOCC(C[N+](C)(C)CCN[C@@H](CCCN=C(N)N)C(N)=O)OCCCCCCCC/C=C\CCCCCCCC. The highest BCUT2D eigenvalue weighted by atomic mass is 16.5. The number of carbonyl (C=O) groups is 1. The van der Waals surface area contributed by atoms with Crippen molar-refractivity contribution >= 4 is 11.9 Å². The molecular weight excluding hydrogens is 721 g/mol. The fourth-order valence-corrected chi connectivity index (χ4v) is 7.45. The molecule has 9 heteroatoms. The smallest absolute Gasteiger partial charge is 0.234 e. The van der Waals surface area contributed by atoms with E-state index in [-0.39, 0.29) is 18.0 Å². The van der Waals surface area contributed by atoms with E-state index in [0.29, 0.717) is 32.5 Å². The lowest BCUT2D eigenvalue weighted by Crippen LogP contribution is -2.52. The summed E-state index contributed by atoms with van der Waals surface area (Å²) in [7, 11) is 4.45. The van der Waals surface area contributed by atoms with E-state index in [2.05, 4.69) is 62.6 Å². The summed E-state index contributed by atoms with van der Waals surface area (Å²) in [5.74, 6) is -0.273. The lowest BCUT2D eigenvalue weighted by molar-refractivity contribution is -0.892. The molecule has 58 heavy (non-hydrogen) atoms. The number of guanidine groups is 1. The van der Waals surface area contributed by atoms with Gasteiger partial charge in [0.1, 0.15) is 12.6 Å². The molecule has 0 fully saturated rings. The maximum absolute atomic E-state index is 12.1. The van der Waals surface area contributed by atoms with Gasteiger partial charge >= 0.3 is 0 Å². The Morgan fingerprint density at radius 3 is 1.48 bits per heavy atom. The molecule has 0 aromatic rings. The third-order valence-corrected chi connectivity index (χ3v) is 11.2. The monoisotopic (exact) mass is 820 g/mol. The van der Waals surface area contributed by atoms with Gasteiger partial charge in [0.15, 0.2) is 5.96 Å². The van der Waals surface area contributed by atoms with Crippen LogP contribution in [0.2, 0.25) is 0 Å². The molecule has 1 amide bonds. The molecule has 0 aliphatic carbocycles. The second kappa shape index (κ2) is 43.2. The van der Waals surface area contributed by atoms with Crippen LogP contribution in [-0.4, -0.2) is 88.6 Å². The van der Waals surface area contributed by atoms with Crippen LogP contribution < -0.4 is 22.5 Å². The molecule has 0 heterocycles. The van der Waals surface area contributed by atoms with E-state index in [1.165, 1.54) is 167 Å². The minimum absolute atomic E-state index is 0.0405. The topological polar surface area (TPSA) is 138 Å². The first-order valence-corrected chi connectivity index (χ1v) is 24.6. The summed E-state index contributed by atoms with van der Waals surface area (Å²) in [4.78, 5) is 16.1. The van der Waals surface area contributed by atoms with Gasteiger partial charge < -0.3 is 36.5 Å². The quantitative estimate of drug-likeness (QED) is 0.0159. The number of aliphatic imine (C=N–C) groups is 1. The first-order chi connectivity index (χ1) is 28.2. The average molecular weight is 820 g/mol. The second-order valence-corrected chi connectivity index (χ2v) is 17.6. The Morgan fingerprint density at radius 1 is 0.603 bits per heavy atom. The summed E-state index contributed by atoms with van der Waals surface area (Å²) in [6, 6.07) is -0.396. The average Bonchev–Trinajstić information content (AvgIpc) is 3.19. The predicted molar refractivity (Wildman–Crippen MR) is 252 cm³/mol. The molecule has 0 aliphatic heterocycles. The molecule has 9 nitrogen and oxygen atoms in total. The van der Waals surface area contributed by atoms with Crippen molar-refractivity contribution in [3.05, 3.63) is 24.3 Å². The number of carbonyl (C=O) groups excluding carboxylic acids is 1. The number of nitrogens with two attached hydrogens (primary N) is 3. The van der Waals surface area contributed by atoms with Crippen LogP contribution in [0.25, 0.3) is 0 Å². The molecule has 0 bridgehead atoms. The molecule has 2 atom stereocenters. The molecule has 0 aromatic heterocycles. The van der Waals surface area contributed by atoms with E-state index in [0.717, 1.165) is 43.6 Å². The van der Waals surface area contributed by atoms with Crippen LogP contribution in [-0.2, 0) is 14.3 Å². The normalized spacial score (nSPS) is 13.2. The largest absolute Gasteiger partial charge is 0.379 e. The van der Waals surface area contributed by atoms with Crippen molar-refractivity contribution in [3.63, 3.8) is 0 Å². The van der Waals surface area contributed by atoms with Gasteiger partial charge in [-0.3, -0.25) is 9.79 Å². The molecule has 0 aliphatic rings. The number of quaternary nitrogens is 1. The number of allylic oxidation sites excluding steroid dienone is 4. The minimum Gasteiger partial charge on any atom is -0.379 e. The van der Waals surface area contributed by atoms with Crippen LogP contribution in [0.3, 0.4) is 0 Å². The zero-order chi connectivity index (χ0) is 42.6. The summed E-state index contributed by atoms with van der Waals surface area (Å²) >= 11 is 0. The summed E-state index contributed by atoms with van der Waals surface area (Å²) in [5, 5.41) is 3.36. The number of amides is 1. The standard InChI is InChI=1S/C49H98N6O3/c1-5-7-9-11-13-15-17-19-21-23-25-27-29-31-33-35-42-57-45-46(44-55(3,4)41-40-53-47(48(50)56)38-37-39-54-49(51)52)58-43-36-34-32-30-28-26-24-22-20-18-16-14-12-10-8-6-2/h19-22,46-47,53H,5-18,23-45H2,1-4H3,(H5-,50,51,52,54,56)/p+1/b21-19-,22-20-/t46?,47-/m0/s1. The van der Waals surface area contributed by atoms with Crippen molar-refractivity contribution in [1.29, 1.82) is 0 Å². The first-order valence-electron chi connectivity index (χ1n) is 24.6. The Morgan fingerprint density at radius 2 is 1.03 bits per heavy atom. The molecule has 1 unspecified atom stereocenters. The van der Waals surface area contributed by atoms with E-state index < -0.39 is 6.04 Å².